The van der Waals surface area contributed by atoms with Crippen LogP contribution in [0.2, 0.25) is 5.02 Å². The first-order valence-electron chi connectivity index (χ1n) is 5.88. The zero-order valence-corrected chi connectivity index (χ0v) is 13.1. The fraction of sp³-hybridized carbons (Fsp3) is 0.308. The van der Waals surface area contributed by atoms with Gasteiger partial charge < -0.3 is 5.32 Å². The van der Waals surface area contributed by atoms with E-state index in [1.165, 1.54) is 0 Å². The molecule has 0 bridgehead atoms. The van der Waals surface area contributed by atoms with Crippen LogP contribution < -0.4 is 5.32 Å². The van der Waals surface area contributed by atoms with E-state index in [0.717, 1.165) is 21.5 Å². The molecule has 0 aliphatic rings. The average Bonchev–Trinajstić information content (AvgIpc) is 2.83. The first-order valence-corrected chi connectivity index (χ1v) is 8.06. The lowest BCUT2D eigenvalue weighted by molar-refractivity contribution is 0.618. The van der Waals surface area contributed by atoms with Gasteiger partial charge in [0.2, 0.25) is 0 Å². The van der Waals surface area contributed by atoms with Crippen LogP contribution in [0.15, 0.2) is 22.4 Å². The second-order valence-electron chi connectivity index (χ2n) is 3.86. The van der Waals surface area contributed by atoms with Gasteiger partial charge in [0.15, 0.2) is 5.13 Å². The summed E-state index contributed by atoms with van der Waals surface area (Å²) in [5.74, 6) is 0.234. The second kappa shape index (κ2) is 6.59. The monoisotopic (exact) mass is 316 g/mol. The van der Waals surface area contributed by atoms with E-state index in [-0.39, 0.29) is 10.8 Å². The van der Waals surface area contributed by atoms with Gasteiger partial charge in [0.05, 0.1) is 14.9 Å². The minimum absolute atomic E-state index is 0.175. The number of thiazole rings is 1. The number of anilines is 1. The van der Waals surface area contributed by atoms with E-state index in [4.69, 9.17) is 11.6 Å². The SMILES string of the molecule is CCc1nc(NC)sc1SCc1cccc(Cl)c1F. The number of hydrogen-bond donors (Lipinski definition) is 1. The summed E-state index contributed by atoms with van der Waals surface area (Å²) in [6.07, 6.45) is 0.874. The van der Waals surface area contributed by atoms with Crippen molar-refractivity contribution in [1.29, 1.82) is 0 Å². The Kier molecular flexibility index (Phi) is 5.07. The Hall–Kier alpha value is -0.780. The fourth-order valence-corrected chi connectivity index (χ4v) is 4.03. The summed E-state index contributed by atoms with van der Waals surface area (Å²) in [5, 5.41) is 4.11. The van der Waals surface area contributed by atoms with Crippen molar-refractivity contribution in [2.24, 2.45) is 0 Å². The summed E-state index contributed by atoms with van der Waals surface area (Å²) >= 11 is 8.98. The Morgan fingerprint density at radius 1 is 1.47 bits per heavy atom. The first-order chi connectivity index (χ1) is 9.15. The van der Waals surface area contributed by atoms with Crippen LogP contribution in [0.5, 0.6) is 0 Å². The topological polar surface area (TPSA) is 24.9 Å². The van der Waals surface area contributed by atoms with E-state index in [2.05, 4.69) is 17.2 Å². The molecule has 2 aromatic rings. The molecule has 1 aromatic carbocycles. The van der Waals surface area contributed by atoms with Gasteiger partial charge >= 0.3 is 0 Å². The molecule has 0 spiro atoms. The summed E-state index contributed by atoms with van der Waals surface area (Å²) in [7, 11) is 1.85. The van der Waals surface area contributed by atoms with E-state index in [0.29, 0.717) is 11.3 Å². The summed E-state index contributed by atoms with van der Waals surface area (Å²) in [6.45, 7) is 2.07. The van der Waals surface area contributed by atoms with Gasteiger partial charge in [-0.15, -0.1) is 11.8 Å². The maximum atomic E-state index is 13.8. The molecule has 1 heterocycles. The Balaban J connectivity index is 2.14. The highest BCUT2D eigenvalue weighted by atomic mass is 35.5. The molecular weight excluding hydrogens is 303 g/mol. The molecule has 2 rings (SSSR count). The summed E-state index contributed by atoms with van der Waals surface area (Å²) in [4.78, 5) is 4.47. The molecule has 1 aromatic heterocycles. The van der Waals surface area contributed by atoms with Crippen LogP contribution in [-0.4, -0.2) is 12.0 Å². The highest BCUT2D eigenvalue weighted by Crippen LogP contribution is 2.35. The smallest absolute Gasteiger partial charge is 0.183 e. The van der Waals surface area contributed by atoms with E-state index in [1.54, 1.807) is 41.3 Å². The summed E-state index contributed by atoms with van der Waals surface area (Å²) in [5.41, 5.74) is 1.68. The number of nitrogens with zero attached hydrogens (tertiary/aromatic N) is 1. The maximum Gasteiger partial charge on any atom is 0.183 e. The largest absolute Gasteiger partial charge is 0.365 e. The fourth-order valence-electron chi connectivity index (χ4n) is 1.58. The van der Waals surface area contributed by atoms with E-state index < -0.39 is 0 Å². The average molecular weight is 317 g/mol. The molecule has 0 saturated heterocycles. The van der Waals surface area contributed by atoms with Crippen molar-refractivity contribution in [3.05, 3.63) is 40.3 Å². The molecule has 19 heavy (non-hydrogen) atoms. The summed E-state index contributed by atoms with van der Waals surface area (Å²) < 4.78 is 14.9. The number of aryl methyl sites for hydroxylation is 1. The van der Waals surface area contributed by atoms with Crippen molar-refractivity contribution in [2.75, 3.05) is 12.4 Å². The highest BCUT2D eigenvalue weighted by molar-refractivity contribution is 8.00. The van der Waals surface area contributed by atoms with Crippen LogP contribution in [-0.2, 0) is 12.2 Å². The van der Waals surface area contributed by atoms with Crippen molar-refractivity contribution in [1.82, 2.24) is 4.98 Å². The predicted molar refractivity (Wildman–Crippen MR) is 82.0 cm³/mol. The van der Waals surface area contributed by atoms with Crippen molar-refractivity contribution >= 4 is 39.8 Å². The standard InChI is InChI=1S/C13H14ClFN2S2/c1-3-10-12(19-13(16-2)17-10)18-7-8-5-4-6-9(14)11(8)15/h4-6H,3,7H2,1-2H3,(H,16,17). The van der Waals surface area contributed by atoms with E-state index >= 15 is 0 Å². The Labute approximate surface area is 125 Å². The molecule has 0 unspecified atom stereocenters. The minimum atomic E-state index is -0.326. The third kappa shape index (κ3) is 3.41. The highest BCUT2D eigenvalue weighted by Gasteiger charge is 2.12. The lowest BCUT2D eigenvalue weighted by Gasteiger charge is -2.04. The lowest BCUT2D eigenvalue weighted by atomic mass is 10.2. The lowest BCUT2D eigenvalue weighted by Crippen LogP contribution is -1.89. The zero-order valence-electron chi connectivity index (χ0n) is 10.7. The number of benzene rings is 1. The van der Waals surface area contributed by atoms with Crippen LogP contribution in [0.1, 0.15) is 18.2 Å². The van der Waals surface area contributed by atoms with Gasteiger partial charge in [-0.05, 0) is 18.1 Å². The Bertz CT molecular complexity index is 572. The maximum absolute atomic E-state index is 13.8. The van der Waals surface area contributed by atoms with Gasteiger partial charge in [0.25, 0.3) is 0 Å². The number of nitrogens with one attached hydrogen (secondary N) is 1. The van der Waals surface area contributed by atoms with Crippen LogP contribution in [0.4, 0.5) is 9.52 Å². The van der Waals surface area contributed by atoms with Gasteiger partial charge in [-0.2, -0.15) is 0 Å². The van der Waals surface area contributed by atoms with Gasteiger partial charge in [-0.25, -0.2) is 9.37 Å². The van der Waals surface area contributed by atoms with Crippen molar-refractivity contribution in [2.45, 2.75) is 23.3 Å². The molecule has 0 saturated carbocycles. The number of thioether (sulfide) groups is 1. The molecule has 0 fully saturated rings. The second-order valence-corrected chi connectivity index (χ2v) is 6.51. The van der Waals surface area contributed by atoms with Crippen LogP contribution in [0.25, 0.3) is 0 Å². The molecule has 0 aliphatic carbocycles. The van der Waals surface area contributed by atoms with Gasteiger partial charge in [0, 0.05) is 12.8 Å². The summed E-state index contributed by atoms with van der Waals surface area (Å²) in [6, 6.07) is 5.10. The number of aromatic nitrogens is 1. The number of halogens is 2. The molecule has 0 aliphatic heterocycles. The van der Waals surface area contributed by atoms with Crippen molar-refractivity contribution in [3.8, 4) is 0 Å². The number of rotatable bonds is 5. The van der Waals surface area contributed by atoms with Crippen molar-refractivity contribution in [3.63, 3.8) is 0 Å². The van der Waals surface area contributed by atoms with Gasteiger partial charge in [-0.3, -0.25) is 0 Å². The molecule has 0 amide bonds. The van der Waals surface area contributed by atoms with Gasteiger partial charge in [-0.1, -0.05) is 42.0 Å². The molecule has 6 heteroatoms. The van der Waals surface area contributed by atoms with Crippen molar-refractivity contribution < 1.29 is 4.39 Å². The molecule has 0 atom stereocenters. The molecule has 1 N–H and O–H groups in total. The van der Waals surface area contributed by atoms with E-state index in [1.807, 2.05) is 7.05 Å². The molecular formula is C13H14ClFN2S2. The molecule has 102 valence electrons. The van der Waals surface area contributed by atoms with E-state index in [9.17, 15) is 4.39 Å². The molecule has 2 nitrogen and oxygen atoms in total. The Morgan fingerprint density at radius 3 is 2.95 bits per heavy atom. The third-order valence-electron chi connectivity index (χ3n) is 2.60. The Morgan fingerprint density at radius 2 is 2.26 bits per heavy atom. The van der Waals surface area contributed by atoms with Gasteiger partial charge in [0.1, 0.15) is 5.82 Å². The normalized spacial score (nSPS) is 10.7. The number of hydrogen-bond acceptors (Lipinski definition) is 4. The third-order valence-corrected chi connectivity index (χ3v) is 5.36. The quantitative estimate of drug-likeness (QED) is 0.800. The minimum Gasteiger partial charge on any atom is -0.365 e. The zero-order chi connectivity index (χ0) is 13.8. The molecule has 0 radical (unpaired) electrons. The van der Waals surface area contributed by atoms with Crippen LogP contribution in [0.3, 0.4) is 0 Å². The predicted octanol–water partition coefficient (Wildman–Crippen LogP) is 4.83. The van der Waals surface area contributed by atoms with Crippen LogP contribution in [0, 0.1) is 5.82 Å². The van der Waals surface area contributed by atoms with Crippen LogP contribution >= 0.6 is 34.7 Å². The first kappa shape index (κ1) is 14.6.